The van der Waals surface area contributed by atoms with Crippen LogP contribution in [0.25, 0.3) is 5.57 Å². The minimum Gasteiger partial charge on any atom is -0.460 e. The van der Waals surface area contributed by atoms with E-state index in [2.05, 4.69) is 0 Å². The molecule has 2 heterocycles. The van der Waals surface area contributed by atoms with Crippen LogP contribution in [0.1, 0.15) is 89.7 Å². The summed E-state index contributed by atoms with van der Waals surface area (Å²) in [4.78, 5) is 53.0. The Morgan fingerprint density at radius 3 is 2.18 bits per heavy atom. The minimum absolute atomic E-state index is 0.0306. The Morgan fingerprint density at radius 1 is 1.05 bits per heavy atom. The third kappa shape index (κ3) is 6.96. The molecule has 2 aliphatic heterocycles. The summed E-state index contributed by atoms with van der Waals surface area (Å²) in [7, 11) is 0. The quantitative estimate of drug-likeness (QED) is 0.529. The third-order valence-electron chi connectivity index (χ3n) is 6.58. The molecule has 3 rings (SSSR count). The highest BCUT2D eigenvalue weighted by molar-refractivity contribution is 6.01. The van der Waals surface area contributed by atoms with Crippen molar-refractivity contribution in [2.45, 2.75) is 92.0 Å². The van der Waals surface area contributed by atoms with E-state index in [0.717, 1.165) is 0 Å². The van der Waals surface area contributed by atoms with Crippen LogP contribution in [0, 0.1) is 11.2 Å². The third-order valence-corrected chi connectivity index (χ3v) is 6.58. The lowest BCUT2D eigenvalue weighted by Gasteiger charge is -2.39. The molecule has 2 aliphatic rings. The minimum atomic E-state index is -1.09. The smallest absolute Gasteiger partial charge is 0.410 e. The zero-order valence-corrected chi connectivity index (χ0v) is 24.1. The molecule has 2 N–H and O–H groups in total. The molecule has 0 saturated heterocycles. The summed E-state index contributed by atoms with van der Waals surface area (Å²) in [5, 5.41) is 0. The van der Waals surface area contributed by atoms with Gasteiger partial charge in [-0.05, 0) is 59.6 Å². The molecule has 0 radical (unpaired) electrons. The molecule has 10 heteroatoms. The molecule has 214 valence electrons. The molecule has 0 saturated carbocycles. The van der Waals surface area contributed by atoms with Crippen molar-refractivity contribution >= 4 is 29.5 Å². The number of nitrogens with zero attached hydrogens (tertiary/aromatic N) is 2. The van der Waals surface area contributed by atoms with Crippen molar-refractivity contribution < 1.29 is 33.0 Å². The Balaban J connectivity index is 1.84. The highest BCUT2D eigenvalue weighted by atomic mass is 19.1. The van der Waals surface area contributed by atoms with Crippen molar-refractivity contribution in [3.05, 3.63) is 40.7 Å². The molecular formula is C29H40FN3O6. The number of amides is 3. The largest absolute Gasteiger partial charge is 0.460 e. The number of esters is 1. The maximum atomic E-state index is 16.0. The van der Waals surface area contributed by atoms with E-state index in [1.54, 1.807) is 64.7 Å². The summed E-state index contributed by atoms with van der Waals surface area (Å²) in [5.74, 6) is -2.36. The number of rotatable bonds is 6. The predicted molar refractivity (Wildman–Crippen MR) is 144 cm³/mol. The Labute approximate surface area is 229 Å². The summed E-state index contributed by atoms with van der Waals surface area (Å²) in [6, 6.07) is 2.03. The van der Waals surface area contributed by atoms with Gasteiger partial charge in [0.05, 0.1) is 6.54 Å². The molecule has 0 spiro atoms. The molecule has 1 aromatic carbocycles. The van der Waals surface area contributed by atoms with Crippen molar-refractivity contribution in [1.82, 2.24) is 9.80 Å². The lowest BCUT2D eigenvalue weighted by molar-refractivity contribution is -0.155. The predicted octanol–water partition coefficient (Wildman–Crippen LogP) is 4.42. The van der Waals surface area contributed by atoms with Crippen LogP contribution in [0.15, 0.2) is 18.2 Å². The van der Waals surface area contributed by atoms with E-state index in [1.807, 2.05) is 13.8 Å². The van der Waals surface area contributed by atoms with Crippen molar-refractivity contribution in [2.24, 2.45) is 11.1 Å². The first-order valence-corrected chi connectivity index (χ1v) is 13.1. The van der Waals surface area contributed by atoms with Crippen LogP contribution in [-0.4, -0.2) is 64.0 Å². The van der Waals surface area contributed by atoms with Crippen LogP contribution < -0.4 is 5.73 Å². The van der Waals surface area contributed by atoms with Gasteiger partial charge in [0.15, 0.2) is 0 Å². The lowest BCUT2D eigenvalue weighted by Crippen LogP contribution is -2.45. The fourth-order valence-corrected chi connectivity index (χ4v) is 4.98. The van der Waals surface area contributed by atoms with E-state index in [1.165, 1.54) is 4.90 Å². The van der Waals surface area contributed by atoms with Gasteiger partial charge in [0.2, 0.25) is 5.91 Å². The highest BCUT2D eigenvalue weighted by Gasteiger charge is 2.40. The molecule has 1 atom stereocenters. The van der Waals surface area contributed by atoms with Crippen molar-refractivity contribution in [1.29, 1.82) is 0 Å². The number of hydrogen-bond acceptors (Lipinski definition) is 6. The van der Waals surface area contributed by atoms with Gasteiger partial charge in [-0.15, -0.1) is 0 Å². The van der Waals surface area contributed by atoms with Crippen LogP contribution in [0.5, 0.6) is 0 Å². The van der Waals surface area contributed by atoms with Gasteiger partial charge in [-0.25, -0.2) is 9.18 Å². The second-order valence-corrected chi connectivity index (χ2v) is 12.8. The molecule has 0 bridgehead atoms. The Bertz CT molecular complexity index is 1210. The molecule has 0 fully saturated rings. The van der Waals surface area contributed by atoms with Gasteiger partial charge >= 0.3 is 12.1 Å². The molecule has 3 amide bonds. The van der Waals surface area contributed by atoms with Gasteiger partial charge in [-0.2, -0.15) is 0 Å². The maximum absolute atomic E-state index is 16.0. The van der Waals surface area contributed by atoms with Crippen LogP contribution in [0.3, 0.4) is 0 Å². The average molecular weight is 546 g/mol. The summed E-state index contributed by atoms with van der Waals surface area (Å²) in [6.45, 7) is 14.9. The second kappa shape index (κ2) is 10.6. The summed E-state index contributed by atoms with van der Waals surface area (Å²) < 4.78 is 26.8. The normalized spacial score (nSPS) is 17.9. The Kier molecular flexibility index (Phi) is 8.20. The molecule has 0 aliphatic carbocycles. The molecule has 1 aromatic rings. The number of ether oxygens (including phenoxy) is 2. The van der Waals surface area contributed by atoms with Gasteiger partial charge < -0.3 is 25.0 Å². The van der Waals surface area contributed by atoms with Crippen LogP contribution in [0.4, 0.5) is 9.18 Å². The second-order valence-electron chi connectivity index (χ2n) is 12.8. The van der Waals surface area contributed by atoms with E-state index >= 15 is 4.39 Å². The van der Waals surface area contributed by atoms with E-state index in [9.17, 15) is 19.2 Å². The first-order chi connectivity index (χ1) is 17.8. The molecule has 39 heavy (non-hydrogen) atoms. The topological polar surface area (TPSA) is 119 Å². The number of benzene rings is 1. The summed E-state index contributed by atoms with van der Waals surface area (Å²) in [5.41, 5.74) is 5.05. The van der Waals surface area contributed by atoms with Gasteiger partial charge in [0, 0.05) is 41.6 Å². The molecule has 0 aromatic heterocycles. The highest BCUT2D eigenvalue weighted by Crippen LogP contribution is 2.41. The van der Waals surface area contributed by atoms with Gasteiger partial charge in [0.25, 0.3) is 5.91 Å². The van der Waals surface area contributed by atoms with E-state index in [4.69, 9.17) is 15.2 Å². The summed E-state index contributed by atoms with van der Waals surface area (Å²) in [6.07, 6.45) is 1.22. The molecule has 1 unspecified atom stereocenters. The van der Waals surface area contributed by atoms with Crippen LogP contribution >= 0.6 is 0 Å². The number of hydrogen-bond donors (Lipinski definition) is 1. The Morgan fingerprint density at radius 2 is 1.64 bits per heavy atom. The fourth-order valence-electron chi connectivity index (χ4n) is 4.98. The Hall–Kier alpha value is -3.43. The van der Waals surface area contributed by atoms with E-state index in [0.29, 0.717) is 17.7 Å². The van der Waals surface area contributed by atoms with Crippen LogP contribution in [0.2, 0.25) is 0 Å². The van der Waals surface area contributed by atoms with Gasteiger partial charge in [0.1, 0.15) is 23.1 Å². The molecule has 9 nitrogen and oxygen atoms in total. The van der Waals surface area contributed by atoms with E-state index in [-0.39, 0.29) is 37.1 Å². The SMILES string of the molecule is CC(C)(C)OC(=O)CCC(C(N)=O)N1Cc2c(ccc(C3=CCN(C(=O)OC(C)(C)C)CC3(C)C)c2F)C1=O. The lowest BCUT2D eigenvalue weighted by atomic mass is 9.77. The van der Waals surface area contributed by atoms with Crippen molar-refractivity contribution in [2.75, 3.05) is 13.1 Å². The zero-order valence-electron chi connectivity index (χ0n) is 24.1. The summed E-state index contributed by atoms with van der Waals surface area (Å²) >= 11 is 0. The zero-order chi connectivity index (χ0) is 29.5. The fraction of sp³-hybridized carbons (Fsp3) is 0.586. The number of nitrogens with two attached hydrogens (primary N) is 1. The number of carbonyl (C=O) groups excluding carboxylic acids is 4. The van der Waals surface area contributed by atoms with E-state index < -0.39 is 52.4 Å². The monoisotopic (exact) mass is 545 g/mol. The number of fused-ring (bicyclic) bond motifs is 1. The number of primary amides is 1. The van der Waals surface area contributed by atoms with Crippen molar-refractivity contribution in [3.63, 3.8) is 0 Å². The van der Waals surface area contributed by atoms with Gasteiger partial charge in [-0.1, -0.05) is 26.0 Å². The first kappa shape index (κ1) is 30.1. The van der Waals surface area contributed by atoms with Gasteiger partial charge in [-0.3, -0.25) is 14.4 Å². The first-order valence-electron chi connectivity index (χ1n) is 13.1. The standard InChI is InChI=1S/C29H40FN3O6/c1-27(2,3)38-22(34)12-11-21(24(31)35)33-15-19-17(25(33)36)9-10-18(23(19)30)20-13-14-32(16-29(20,7)8)26(37)39-28(4,5)6/h9-10,13,21H,11-12,14-16H2,1-8H3,(H2,31,35). The number of carbonyl (C=O) groups is 4. The van der Waals surface area contributed by atoms with Crippen molar-refractivity contribution in [3.8, 4) is 0 Å². The number of halogens is 1. The van der Waals surface area contributed by atoms with Crippen LogP contribution in [-0.2, 0) is 25.6 Å². The maximum Gasteiger partial charge on any atom is 0.410 e. The average Bonchev–Trinajstić information content (AvgIpc) is 3.08. The molecular weight excluding hydrogens is 505 g/mol.